The summed E-state index contributed by atoms with van der Waals surface area (Å²) in [7, 11) is 0. The Morgan fingerprint density at radius 3 is 2.93 bits per heavy atom. The molecule has 0 aromatic carbocycles. The highest BCUT2D eigenvalue weighted by atomic mass is 32.2. The number of nitrogens with zero attached hydrogens (tertiary/aromatic N) is 1. The van der Waals surface area contributed by atoms with Crippen molar-refractivity contribution in [3.63, 3.8) is 0 Å². The molecule has 0 radical (unpaired) electrons. The van der Waals surface area contributed by atoms with Crippen LogP contribution in [0.4, 0.5) is 0 Å². The van der Waals surface area contributed by atoms with Gasteiger partial charge in [0.2, 0.25) is 0 Å². The molecule has 88 valence electrons. The van der Waals surface area contributed by atoms with Gasteiger partial charge in [0, 0.05) is 36.7 Å². The molecule has 1 saturated carbocycles. The highest BCUT2D eigenvalue weighted by Crippen LogP contribution is 2.38. The first-order chi connectivity index (χ1) is 7.10. The minimum atomic E-state index is 0.391. The predicted molar refractivity (Wildman–Crippen MR) is 68.3 cm³/mol. The SMILES string of the molecule is CC1CN(CC2(C)CCCC2N)CCS1. The van der Waals surface area contributed by atoms with Gasteiger partial charge in [0.15, 0.2) is 0 Å². The summed E-state index contributed by atoms with van der Waals surface area (Å²) in [5.41, 5.74) is 6.62. The summed E-state index contributed by atoms with van der Waals surface area (Å²) in [4.78, 5) is 2.63. The van der Waals surface area contributed by atoms with Crippen molar-refractivity contribution in [2.24, 2.45) is 11.1 Å². The first kappa shape index (κ1) is 11.7. The molecule has 2 nitrogen and oxygen atoms in total. The van der Waals surface area contributed by atoms with E-state index in [1.807, 2.05) is 0 Å². The topological polar surface area (TPSA) is 29.3 Å². The van der Waals surface area contributed by atoms with Crippen LogP contribution in [0, 0.1) is 5.41 Å². The van der Waals surface area contributed by atoms with Crippen molar-refractivity contribution in [3.05, 3.63) is 0 Å². The number of rotatable bonds is 2. The first-order valence-corrected chi connectivity index (χ1v) is 7.24. The summed E-state index contributed by atoms with van der Waals surface area (Å²) < 4.78 is 0. The molecule has 0 amide bonds. The molecule has 3 unspecified atom stereocenters. The van der Waals surface area contributed by atoms with Crippen LogP contribution in [0.5, 0.6) is 0 Å². The Morgan fingerprint density at radius 2 is 2.33 bits per heavy atom. The van der Waals surface area contributed by atoms with Crippen LogP contribution in [0.1, 0.15) is 33.1 Å². The maximum absolute atomic E-state index is 6.23. The zero-order chi connectivity index (χ0) is 10.9. The Kier molecular flexibility index (Phi) is 3.63. The fourth-order valence-corrected chi connectivity index (χ4v) is 4.08. The molecule has 2 aliphatic rings. The molecule has 1 aliphatic heterocycles. The van der Waals surface area contributed by atoms with Gasteiger partial charge < -0.3 is 10.6 Å². The maximum Gasteiger partial charge on any atom is 0.0147 e. The fourth-order valence-electron chi connectivity index (χ4n) is 3.00. The van der Waals surface area contributed by atoms with E-state index in [0.29, 0.717) is 11.5 Å². The normalized spacial score (nSPS) is 43.4. The van der Waals surface area contributed by atoms with Gasteiger partial charge in [0.05, 0.1) is 0 Å². The summed E-state index contributed by atoms with van der Waals surface area (Å²) in [6, 6.07) is 0.433. The zero-order valence-corrected chi connectivity index (χ0v) is 10.9. The lowest BCUT2D eigenvalue weighted by Gasteiger charge is -2.38. The summed E-state index contributed by atoms with van der Waals surface area (Å²) >= 11 is 2.11. The third-order valence-electron chi connectivity index (χ3n) is 4.07. The van der Waals surface area contributed by atoms with Gasteiger partial charge in [-0.15, -0.1) is 0 Å². The maximum atomic E-state index is 6.23. The second-order valence-electron chi connectivity index (χ2n) is 5.57. The minimum absolute atomic E-state index is 0.391. The molecule has 2 fully saturated rings. The van der Waals surface area contributed by atoms with Gasteiger partial charge in [-0.05, 0) is 18.3 Å². The highest BCUT2D eigenvalue weighted by molar-refractivity contribution is 7.99. The Morgan fingerprint density at radius 1 is 1.53 bits per heavy atom. The van der Waals surface area contributed by atoms with Gasteiger partial charge in [-0.2, -0.15) is 11.8 Å². The predicted octanol–water partition coefficient (Wildman–Crippen LogP) is 1.94. The largest absolute Gasteiger partial charge is 0.327 e. The summed E-state index contributed by atoms with van der Waals surface area (Å²) in [6.45, 7) is 8.47. The molecule has 3 atom stereocenters. The molecule has 0 spiro atoms. The lowest BCUT2D eigenvalue weighted by molar-refractivity contribution is 0.157. The molecular formula is C12H24N2S. The van der Waals surface area contributed by atoms with Crippen molar-refractivity contribution in [1.82, 2.24) is 4.90 Å². The van der Waals surface area contributed by atoms with Crippen LogP contribution < -0.4 is 5.73 Å². The standard InChI is InChI=1S/C12H24N2S/c1-10-8-14(6-7-15-10)9-12(2)5-3-4-11(12)13/h10-11H,3-9,13H2,1-2H3. The van der Waals surface area contributed by atoms with Crippen molar-refractivity contribution in [2.75, 3.05) is 25.4 Å². The average molecular weight is 228 g/mol. The third-order valence-corrected chi connectivity index (χ3v) is 5.20. The van der Waals surface area contributed by atoms with E-state index in [1.165, 1.54) is 44.6 Å². The van der Waals surface area contributed by atoms with Crippen LogP contribution in [-0.4, -0.2) is 41.6 Å². The van der Waals surface area contributed by atoms with Crippen LogP contribution in [0.25, 0.3) is 0 Å². The summed E-state index contributed by atoms with van der Waals surface area (Å²) in [5, 5.41) is 0.806. The lowest BCUT2D eigenvalue weighted by atomic mass is 9.84. The van der Waals surface area contributed by atoms with Crippen LogP contribution >= 0.6 is 11.8 Å². The smallest absolute Gasteiger partial charge is 0.0147 e. The van der Waals surface area contributed by atoms with Crippen molar-refractivity contribution >= 4 is 11.8 Å². The molecule has 15 heavy (non-hydrogen) atoms. The van der Waals surface area contributed by atoms with Crippen LogP contribution in [0.15, 0.2) is 0 Å². The van der Waals surface area contributed by atoms with Gasteiger partial charge in [0.25, 0.3) is 0 Å². The van der Waals surface area contributed by atoms with Gasteiger partial charge in [-0.3, -0.25) is 0 Å². The molecule has 1 heterocycles. The average Bonchev–Trinajstić information content (AvgIpc) is 2.47. The van der Waals surface area contributed by atoms with Crippen LogP contribution in [0.3, 0.4) is 0 Å². The molecular weight excluding hydrogens is 204 g/mol. The molecule has 1 aliphatic carbocycles. The van der Waals surface area contributed by atoms with Crippen molar-refractivity contribution in [3.8, 4) is 0 Å². The Bertz CT molecular complexity index is 222. The lowest BCUT2D eigenvalue weighted by Crippen LogP contribution is -2.47. The number of hydrogen-bond acceptors (Lipinski definition) is 3. The zero-order valence-electron chi connectivity index (χ0n) is 10.0. The van der Waals surface area contributed by atoms with E-state index in [0.717, 1.165) is 5.25 Å². The quantitative estimate of drug-likeness (QED) is 0.783. The monoisotopic (exact) mass is 228 g/mol. The summed E-state index contributed by atoms with van der Waals surface area (Å²) in [5.74, 6) is 1.30. The van der Waals surface area contributed by atoms with E-state index in [9.17, 15) is 0 Å². The number of thioether (sulfide) groups is 1. The Balaban J connectivity index is 1.90. The van der Waals surface area contributed by atoms with E-state index in [1.54, 1.807) is 0 Å². The highest BCUT2D eigenvalue weighted by Gasteiger charge is 2.38. The van der Waals surface area contributed by atoms with Gasteiger partial charge in [-0.1, -0.05) is 20.3 Å². The molecule has 2 N–H and O–H groups in total. The van der Waals surface area contributed by atoms with Crippen LogP contribution in [-0.2, 0) is 0 Å². The molecule has 0 bridgehead atoms. The van der Waals surface area contributed by atoms with Crippen LogP contribution in [0.2, 0.25) is 0 Å². The first-order valence-electron chi connectivity index (χ1n) is 6.20. The van der Waals surface area contributed by atoms with E-state index < -0.39 is 0 Å². The Labute approximate surface area is 98.0 Å². The Hall–Kier alpha value is 0.270. The molecule has 1 saturated heterocycles. The van der Waals surface area contributed by atoms with Crippen molar-refractivity contribution in [2.45, 2.75) is 44.4 Å². The number of hydrogen-bond donors (Lipinski definition) is 1. The van der Waals surface area contributed by atoms with E-state index in [-0.39, 0.29) is 0 Å². The molecule has 3 heteroatoms. The van der Waals surface area contributed by atoms with Gasteiger partial charge in [0.1, 0.15) is 0 Å². The van der Waals surface area contributed by atoms with E-state index in [4.69, 9.17) is 5.73 Å². The summed E-state index contributed by atoms with van der Waals surface area (Å²) in [6.07, 6.45) is 3.89. The van der Waals surface area contributed by atoms with Crippen molar-refractivity contribution in [1.29, 1.82) is 0 Å². The van der Waals surface area contributed by atoms with Gasteiger partial charge >= 0.3 is 0 Å². The van der Waals surface area contributed by atoms with E-state index >= 15 is 0 Å². The molecule has 0 aromatic heterocycles. The third kappa shape index (κ3) is 2.69. The fraction of sp³-hybridized carbons (Fsp3) is 1.00. The van der Waals surface area contributed by atoms with Crippen molar-refractivity contribution < 1.29 is 0 Å². The second kappa shape index (κ2) is 4.64. The second-order valence-corrected chi connectivity index (χ2v) is 7.12. The van der Waals surface area contributed by atoms with E-state index in [2.05, 4.69) is 30.5 Å². The number of nitrogens with two attached hydrogens (primary N) is 1. The molecule has 2 rings (SSSR count). The minimum Gasteiger partial charge on any atom is -0.327 e. The molecule has 0 aromatic rings. The van der Waals surface area contributed by atoms with Gasteiger partial charge in [-0.25, -0.2) is 0 Å².